The molecular weight excluding hydrogens is 349 g/mol. The first-order valence-electron chi connectivity index (χ1n) is 8.14. The van der Waals surface area contributed by atoms with Crippen LogP contribution in [0.3, 0.4) is 0 Å². The van der Waals surface area contributed by atoms with Gasteiger partial charge in [0, 0.05) is 28.6 Å². The zero-order chi connectivity index (χ0) is 18.1. The number of H-pyrrole nitrogens is 2. The fraction of sp³-hybridized carbons (Fsp3) is 0.105. The van der Waals surface area contributed by atoms with Crippen LogP contribution in [0.25, 0.3) is 10.9 Å². The molecule has 0 amide bonds. The number of nitrogens with one attached hydrogen (secondary N) is 2. The van der Waals surface area contributed by atoms with Crippen molar-refractivity contribution in [1.82, 2.24) is 19.9 Å². The summed E-state index contributed by atoms with van der Waals surface area (Å²) >= 11 is 5.30. The highest BCUT2D eigenvalue weighted by molar-refractivity contribution is 7.71. The molecule has 0 saturated heterocycles. The van der Waals surface area contributed by atoms with Gasteiger partial charge in [-0.05, 0) is 42.9 Å². The maximum atomic E-state index is 13.1. The molecular formula is C19H16FN5S. The van der Waals surface area contributed by atoms with Crippen LogP contribution in [0.4, 0.5) is 4.39 Å². The molecule has 0 fully saturated rings. The number of rotatable bonds is 4. The fourth-order valence-corrected chi connectivity index (χ4v) is 3.12. The van der Waals surface area contributed by atoms with E-state index in [0.717, 1.165) is 27.7 Å². The second kappa shape index (κ2) is 6.68. The Labute approximate surface area is 154 Å². The van der Waals surface area contributed by atoms with Crippen molar-refractivity contribution in [2.24, 2.45) is 5.10 Å². The molecule has 4 rings (SSSR count). The van der Waals surface area contributed by atoms with Crippen LogP contribution >= 0.6 is 12.2 Å². The predicted octanol–water partition coefficient (Wildman–Crippen LogP) is 4.34. The summed E-state index contributed by atoms with van der Waals surface area (Å²) in [6, 6.07) is 14.4. The lowest BCUT2D eigenvalue weighted by molar-refractivity contribution is 0.627. The first kappa shape index (κ1) is 16.4. The molecule has 2 heterocycles. The van der Waals surface area contributed by atoms with Crippen molar-refractivity contribution in [3.8, 4) is 0 Å². The topological polar surface area (TPSA) is 61.8 Å². The van der Waals surface area contributed by atoms with E-state index in [4.69, 9.17) is 12.2 Å². The monoisotopic (exact) mass is 365 g/mol. The van der Waals surface area contributed by atoms with Crippen LogP contribution in [0.1, 0.15) is 22.6 Å². The van der Waals surface area contributed by atoms with Crippen LogP contribution in [-0.2, 0) is 6.42 Å². The Morgan fingerprint density at radius 3 is 2.77 bits per heavy atom. The Morgan fingerprint density at radius 1 is 1.19 bits per heavy atom. The Balaban J connectivity index is 1.69. The van der Waals surface area contributed by atoms with Gasteiger partial charge < -0.3 is 4.98 Å². The van der Waals surface area contributed by atoms with Crippen molar-refractivity contribution >= 4 is 29.3 Å². The van der Waals surface area contributed by atoms with E-state index < -0.39 is 0 Å². The largest absolute Gasteiger partial charge is 0.358 e. The maximum Gasteiger partial charge on any atom is 0.216 e. The minimum absolute atomic E-state index is 0.263. The molecule has 0 aliphatic carbocycles. The van der Waals surface area contributed by atoms with Crippen molar-refractivity contribution in [2.45, 2.75) is 13.3 Å². The highest BCUT2D eigenvalue weighted by Gasteiger charge is 2.09. The van der Waals surface area contributed by atoms with E-state index in [2.05, 4.69) is 20.3 Å². The summed E-state index contributed by atoms with van der Waals surface area (Å²) in [5.74, 6) is 0.399. The van der Waals surface area contributed by atoms with Crippen LogP contribution < -0.4 is 0 Å². The molecule has 7 heteroatoms. The molecule has 2 aromatic carbocycles. The van der Waals surface area contributed by atoms with Crippen molar-refractivity contribution in [2.75, 3.05) is 0 Å². The quantitative estimate of drug-likeness (QED) is 0.417. The number of aryl methyl sites for hydroxylation is 1. The van der Waals surface area contributed by atoms with E-state index in [-0.39, 0.29) is 5.82 Å². The lowest BCUT2D eigenvalue weighted by Gasteiger charge is -2.02. The third kappa shape index (κ3) is 3.09. The van der Waals surface area contributed by atoms with Crippen LogP contribution in [0.15, 0.2) is 53.6 Å². The predicted molar refractivity (Wildman–Crippen MR) is 103 cm³/mol. The van der Waals surface area contributed by atoms with Gasteiger partial charge in [0.25, 0.3) is 0 Å². The Kier molecular flexibility index (Phi) is 4.22. The van der Waals surface area contributed by atoms with E-state index in [1.807, 2.05) is 31.2 Å². The van der Waals surface area contributed by atoms with Gasteiger partial charge in [-0.1, -0.05) is 30.3 Å². The molecule has 0 aliphatic heterocycles. The third-order valence-corrected chi connectivity index (χ3v) is 4.50. The number of benzene rings is 2. The Morgan fingerprint density at radius 2 is 1.96 bits per heavy atom. The smallest absolute Gasteiger partial charge is 0.216 e. The first-order valence-corrected chi connectivity index (χ1v) is 8.55. The molecule has 0 radical (unpaired) electrons. The summed E-state index contributed by atoms with van der Waals surface area (Å²) in [5.41, 5.74) is 4.04. The number of halogens is 1. The molecule has 0 spiro atoms. The average molecular weight is 365 g/mol. The highest BCUT2D eigenvalue weighted by atomic mass is 32.1. The Bertz CT molecular complexity index is 1150. The number of fused-ring (bicyclic) bond motifs is 1. The summed E-state index contributed by atoms with van der Waals surface area (Å²) in [5, 5.41) is 12.7. The molecule has 2 aromatic heterocycles. The SMILES string of the molecule is Cc1[nH]c2ccccc2c1/C=N/n1c(Cc2ccc(F)cc2)n[nH]c1=S. The molecule has 130 valence electrons. The van der Waals surface area contributed by atoms with Gasteiger partial charge in [-0.15, -0.1) is 0 Å². The normalized spacial score (nSPS) is 11.6. The average Bonchev–Trinajstić information content (AvgIpc) is 3.14. The Hall–Kier alpha value is -3.06. The van der Waals surface area contributed by atoms with E-state index in [1.54, 1.807) is 23.0 Å². The van der Waals surface area contributed by atoms with Crippen molar-refractivity contribution in [1.29, 1.82) is 0 Å². The number of hydrogen-bond acceptors (Lipinski definition) is 3. The number of hydrogen-bond donors (Lipinski definition) is 2. The van der Waals surface area contributed by atoms with Gasteiger partial charge in [0.15, 0.2) is 5.82 Å². The molecule has 26 heavy (non-hydrogen) atoms. The van der Waals surface area contributed by atoms with Crippen molar-refractivity contribution in [3.63, 3.8) is 0 Å². The van der Waals surface area contributed by atoms with Gasteiger partial charge in [0.1, 0.15) is 5.82 Å². The summed E-state index contributed by atoms with van der Waals surface area (Å²) in [7, 11) is 0. The number of aromatic amines is 2. The zero-order valence-corrected chi connectivity index (χ0v) is 14.8. The minimum Gasteiger partial charge on any atom is -0.358 e. The second-order valence-corrected chi connectivity index (χ2v) is 6.40. The number of nitrogens with zero attached hydrogens (tertiary/aromatic N) is 3. The molecule has 0 bridgehead atoms. The van der Waals surface area contributed by atoms with Gasteiger partial charge in [-0.2, -0.15) is 14.9 Å². The van der Waals surface area contributed by atoms with Gasteiger partial charge in [0.05, 0.1) is 6.21 Å². The number of para-hydroxylation sites is 1. The summed E-state index contributed by atoms with van der Waals surface area (Å²) < 4.78 is 15.1. The van der Waals surface area contributed by atoms with Crippen molar-refractivity contribution < 1.29 is 4.39 Å². The van der Waals surface area contributed by atoms with Crippen LogP contribution in [0.2, 0.25) is 0 Å². The molecule has 0 saturated carbocycles. The summed E-state index contributed by atoms with van der Waals surface area (Å²) in [6.45, 7) is 2.01. The van der Waals surface area contributed by atoms with Gasteiger partial charge >= 0.3 is 0 Å². The third-order valence-electron chi connectivity index (χ3n) is 4.24. The molecule has 0 aliphatic rings. The van der Waals surface area contributed by atoms with E-state index in [0.29, 0.717) is 17.0 Å². The van der Waals surface area contributed by atoms with Crippen molar-refractivity contribution in [3.05, 3.63) is 81.8 Å². The molecule has 5 nitrogen and oxygen atoms in total. The molecule has 4 aromatic rings. The maximum absolute atomic E-state index is 13.1. The van der Waals surface area contributed by atoms with Crippen LogP contribution in [-0.4, -0.2) is 26.1 Å². The molecule has 0 atom stereocenters. The highest BCUT2D eigenvalue weighted by Crippen LogP contribution is 2.20. The molecule has 0 unspecified atom stereocenters. The van der Waals surface area contributed by atoms with Crippen LogP contribution in [0, 0.1) is 17.5 Å². The standard InChI is InChI=1S/C19H16FN5S/c1-12-16(15-4-2-3-5-17(15)22-12)11-21-25-18(23-24-19(25)26)10-13-6-8-14(20)9-7-13/h2-9,11,22H,10H2,1H3,(H,24,26)/b21-11+. The zero-order valence-electron chi connectivity index (χ0n) is 14.0. The van der Waals surface area contributed by atoms with Gasteiger partial charge in [-0.25, -0.2) is 4.39 Å². The fourth-order valence-electron chi connectivity index (χ4n) is 2.92. The van der Waals surface area contributed by atoms with Gasteiger partial charge in [-0.3, -0.25) is 5.10 Å². The van der Waals surface area contributed by atoms with E-state index in [1.165, 1.54) is 12.1 Å². The lowest BCUT2D eigenvalue weighted by atomic mass is 10.1. The van der Waals surface area contributed by atoms with Crippen LogP contribution in [0.5, 0.6) is 0 Å². The second-order valence-electron chi connectivity index (χ2n) is 6.01. The van der Waals surface area contributed by atoms with Gasteiger partial charge in [0.2, 0.25) is 4.77 Å². The molecule has 2 N–H and O–H groups in total. The summed E-state index contributed by atoms with van der Waals surface area (Å²) in [4.78, 5) is 3.35. The lowest BCUT2D eigenvalue weighted by Crippen LogP contribution is -2.00. The first-order chi connectivity index (χ1) is 12.6. The van der Waals surface area contributed by atoms with E-state index in [9.17, 15) is 4.39 Å². The minimum atomic E-state index is -0.263. The van der Waals surface area contributed by atoms with E-state index >= 15 is 0 Å². The summed E-state index contributed by atoms with van der Waals surface area (Å²) in [6.07, 6.45) is 2.28. The number of aromatic nitrogens is 4.